The Balaban J connectivity index is 4.53. The van der Waals surface area contributed by atoms with Crippen molar-refractivity contribution >= 4 is 10.0 Å². The van der Waals surface area contributed by atoms with Gasteiger partial charge in [0, 0.05) is 13.6 Å². The van der Waals surface area contributed by atoms with Gasteiger partial charge in [0.25, 0.3) is 0 Å². The predicted octanol–water partition coefficient (Wildman–Crippen LogP) is 0.321. The summed E-state index contributed by atoms with van der Waals surface area (Å²) < 4.78 is 24.6. The van der Waals surface area contributed by atoms with Gasteiger partial charge in [-0.25, -0.2) is 12.7 Å². The average molecular weight is 234 g/mol. The summed E-state index contributed by atoms with van der Waals surface area (Å²) in [4.78, 5) is 0. The number of hydrogen-bond donors (Lipinski definition) is 1. The van der Waals surface area contributed by atoms with Gasteiger partial charge in [-0.3, -0.25) is 0 Å². The van der Waals surface area contributed by atoms with E-state index in [1.165, 1.54) is 7.05 Å². The predicted molar refractivity (Wildman–Crippen MR) is 57.5 cm³/mol. The minimum absolute atomic E-state index is 0.234. The van der Waals surface area contributed by atoms with Crippen LogP contribution in [0.3, 0.4) is 0 Å². The van der Waals surface area contributed by atoms with Gasteiger partial charge in [-0.1, -0.05) is 6.92 Å². The summed E-state index contributed by atoms with van der Waals surface area (Å²) in [7, 11) is -2.11. The first-order valence-corrected chi connectivity index (χ1v) is 6.39. The molecule has 0 amide bonds. The van der Waals surface area contributed by atoms with Crippen molar-refractivity contribution in [1.29, 1.82) is 5.26 Å². The lowest BCUT2D eigenvalue weighted by Crippen LogP contribution is -2.36. The molecular weight excluding hydrogens is 216 g/mol. The Labute approximate surface area is 91.4 Å². The highest BCUT2D eigenvalue weighted by molar-refractivity contribution is 7.89. The Hall–Kier alpha value is -0.640. The van der Waals surface area contributed by atoms with Gasteiger partial charge in [0.05, 0.1) is 12.2 Å². The summed E-state index contributed by atoms with van der Waals surface area (Å²) >= 11 is 0. The third-order valence-corrected chi connectivity index (χ3v) is 4.38. The summed E-state index contributed by atoms with van der Waals surface area (Å²) in [5.41, 5.74) is 0. The first kappa shape index (κ1) is 14.4. The molecule has 0 rings (SSSR count). The summed E-state index contributed by atoms with van der Waals surface area (Å²) in [6, 6.07) is 1.77. The van der Waals surface area contributed by atoms with Crippen LogP contribution in [0.1, 0.15) is 26.7 Å². The molecule has 0 heterocycles. The molecule has 1 N–H and O–H groups in total. The van der Waals surface area contributed by atoms with Crippen molar-refractivity contribution in [2.24, 2.45) is 0 Å². The Morgan fingerprint density at radius 2 is 2.07 bits per heavy atom. The normalized spacial score (nSPS) is 16.0. The molecule has 0 saturated heterocycles. The van der Waals surface area contributed by atoms with E-state index < -0.39 is 21.4 Å². The highest BCUT2D eigenvalue weighted by Crippen LogP contribution is 2.10. The average Bonchev–Trinajstić information content (AvgIpc) is 2.15. The van der Waals surface area contributed by atoms with Crippen LogP contribution < -0.4 is 0 Å². The van der Waals surface area contributed by atoms with Crippen LogP contribution in [0, 0.1) is 11.3 Å². The van der Waals surface area contributed by atoms with Crippen LogP contribution in [-0.2, 0) is 10.0 Å². The van der Waals surface area contributed by atoms with Gasteiger partial charge in [-0.05, 0) is 19.8 Å². The second-order valence-corrected chi connectivity index (χ2v) is 5.75. The molecule has 6 heteroatoms. The lowest BCUT2D eigenvalue weighted by Gasteiger charge is -2.20. The van der Waals surface area contributed by atoms with Crippen LogP contribution in [-0.4, -0.2) is 42.8 Å². The molecule has 0 saturated carbocycles. The van der Waals surface area contributed by atoms with Gasteiger partial charge >= 0.3 is 0 Å². The zero-order valence-electron chi connectivity index (χ0n) is 9.34. The molecular formula is C9H18N2O3S. The van der Waals surface area contributed by atoms with Crippen molar-refractivity contribution in [1.82, 2.24) is 4.31 Å². The van der Waals surface area contributed by atoms with E-state index in [1.54, 1.807) is 19.9 Å². The fourth-order valence-electron chi connectivity index (χ4n) is 1.08. The number of aliphatic hydroxyl groups is 1. The fourth-order valence-corrected chi connectivity index (χ4v) is 2.43. The third-order valence-electron chi connectivity index (χ3n) is 2.17. The van der Waals surface area contributed by atoms with Crippen LogP contribution in [0.4, 0.5) is 0 Å². The van der Waals surface area contributed by atoms with Crippen molar-refractivity contribution in [2.75, 3.05) is 13.6 Å². The van der Waals surface area contributed by atoms with Crippen LogP contribution in [0.2, 0.25) is 0 Å². The van der Waals surface area contributed by atoms with Gasteiger partial charge < -0.3 is 5.11 Å². The third kappa shape index (κ3) is 4.16. The maximum Gasteiger partial charge on any atom is 0.230 e. The van der Waals surface area contributed by atoms with E-state index in [-0.39, 0.29) is 13.0 Å². The molecule has 0 aliphatic heterocycles. The number of sulfonamides is 1. The first-order valence-electron chi connectivity index (χ1n) is 4.89. The zero-order valence-corrected chi connectivity index (χ0v) is 10.2. The summed E-state index contributed by atoms with van der Waals surface area (Å²) in [6.07, 6.45) is 0.111. The van der Waals surface area contributed by atoms with Crippen molar-refractivity contribution in [2.45, 2.75) is 38.0 Å². The molecule has 0 fully saturated rings. The lowest BCUT2D eigenvalue weighted by atomic mass is 10.3. The molecule has 0 aliphatic carbocycles. The largest absolute Gasteiger partial charge is 0.393 e. The smallest absolute Gasteiger partial charge is 0.230 e. The molecule has 2 unspecified atom stereocenters. The van der Waals surface area contributed by atoms with Crippen molar-refractivity contribution in [3.63, 3.8) is 0 Å². The number of nitrogens with zero attached hydrogens (tertiary/aromatic N) is 2. The van der Waals surface area contributed by atoms with Gasteiger partial charge in [-0.2, -0.15) is 5.26 Å². The number of aliphatic hydroxyl groups excluding tert-OH is 1. The fraction of sp³-hybridized carbons (Fsp3) is 0.889. The highest BCUT2D eigenvalue weighted by Gasteiger charge is 2.27. The zero-order chi connectivity index (χ0) is 12.1. The molecule has 88 valence electrons. The Bertz CT molecular complexity index is 319. The van der Waals surface area contributed by atoms with Crippen molar-refractivity contribution in [3.8, 4) is 6.07 Å². The molecule has 2 atom stereocenters. The molecule has 0 radical (unpaired) electrons. The van der Waals surface area contributed by atoms with Gasteiger partial charge in [0.2, 0.25) is 10.0 Å². The first-order chi connectivity index (χ1) is 6.86. The summed E-state index contributed by atoms with van der Waals surface area (Å²) in [5.74, 6) is 0. The number of nitriles is 1. The van der Waals surface area contributed by atoms with Crippen molar-refractivity contribution < 1.29 is 13.5 Å². The molecule has 0 aromatic heterocycles. The van der Waals surface area contributed by atoms with Gasteiger partial charge in [-0.15, -0.1) is 0 Å². The maximum atomic E-state index is 11.7. The number of rotatable bonds is 6. The second kappa shape index (κ2) is 6.05. The SMILES string of the molecule is CCC(C#N)S(=O)(=O)N(C)CCC(C)O. The molecule has 5 nitrogen and oxygen atoms in total. The van der Waals surface area contributed by atoms with Crippen molar-refractivity contribution in [3.05, 3.63) is 0 Å². The van der Waals surface area contributed by atoms with E-state index in [0.29, 0.717) is 6.42 Å². The van der Waals surface area contributed by atoms with Crippen LogP contribution in [0.15, 0.2) is 0 Å². The Kier molecular flexibility index (Phi) is 5.80. The Morgan fingerprint density at radius 1 is 1.53 bits per heavy atom. The van der Waals surface area contributed by atoms with E-state index in [0.717, 1.165) is 4.31 Å². The van der Waals surface area contributed by atoms with E-state index >= 15 is 0 Å². The number of hydrogen-bond acceptors (Lipinski definition) is 4. The van der Waals surface area contributed by atoms with Gasteiger partial charge in [0.1, 0.15) is 0 Å². The molecule has 0 aromatic rings. The minimum Gasteiger partial charge on any atom is -0.393 e. The van der Waals surface area contributed by atoms with E-state index in [4.69, 9.17) is 10.4 Å². The molecule has 0 bridgehead atoms. The lowest BCUT2D eigenvalue weighted by molar-refractivity contribution is 0.177. The minimum atomic E-state index is -3.54. The second-order valence-electron chi connectivity index (χ2n) is 3.53. The van der Waals surface area contributed by atoms with Crippen LogP contribution in [0.25, 0.3) is 0 Å². The van der Waals surface area contributed by atoms with Crippen LogP contribution >= 0.6 is 0 Å². The van der Waals surface area contributed by atoms with Gasteiger partial charge in [0.15, 0.2) is 5.25 Å². The molecule has 0 aliphatic rings. The quantitative estimate of drug-likeness (QED) is 0.717. The topological polar surface area (TPSA) is 81.4 Å². The molecule has 15 heavy (non-hydrogen) atoms. The molecule has 0 spiro atoms. The Morgan fingerprint density at radius 3 is 2.40 bits per heavy atom. The van der Waals surface area contributed by atoms with Crippen LogP contribution in [0.5, 0.6) is 0 Å². The van der Waals surface area contributed by atoms with E-state index in [1.807, 2.05) is 0 Å². The van der Waals surface area contributed by atoms with E-state index in [9.17, 15) is 8.42 Å². The highest BCUT2D eigenvalue weighted by atomic mass is 32.2. The monoisotopic (exact) mass is 234 g/mol. The molecule has 0 aromatic carbocycles. The maximum absolute atomic E-state index is 11.7. The summed E-state index contributed by atoms with van der Waals surface area (Å²) in [6.45, 7) is 3.49. The van der Waals surface area contributed by atoms with E-state index in [2.05, 4.69) is 0 Å². The standard InChI is InChI=1S/C9H18N2O3S/c1-4-9(7-10)15(13,14)11(3)6-5-8(2)12/h8-9,12H,4-6H2,1-3H3. The summed E-state index contributed by atoms with van der Waals surface area (Å²) in [5, 5.41) is 16.7.